The van der Waals surface area contributed by atoms with Crippen molar-refractivity contribution in [1.29, 1.82) is 0 Å². The molecule has 1 rings (SSSR count). The topological polar surface area (TPSA) is 26.3 Å². The lowest BCUT2D eigenvalue weighted by Gasteiger charge is -2.36. The molecule has 0 spiro atoms. The quantitative estimate of drug-likeness (QED) is 0.395. The van der Waals surface area contributed by atoms with Gasteiger partial charge in [-0.2, -0.15) is 0 Å². The highest BCUT2D eigenvalue weighted by molar-refractivity contribution is 6.74. The number of allylic oxidation sites excluding steroid dienone is 1. The van der Waals surface area contributed by atoms with E-state index in [0.717, 1.165) is 11.1 Å². The number of carbonyl (C=O) groups is 1. The predicted molar refractivity (Wildman–Crippen MR) is 96.8 cm³/mol. The van der Waals surface area contributed by atoms with Crippen LogP contribution in [0.5, 0.6) is 0 Å². The number of carbonyl (C=O) groups excluding carboxylic acids is 1. The molecule has 0 aliphatic carbocycles. The third kappa shape index (κ3) is 5.22. The first-order valence-corrected chi connectivity index (χ1v) is 10.9. The number of hydrogen-bond donors (Lipinski definition) is 0. The molecule has 1 unspecified atom stereocenters. The zero-order chi connectivity index (χ0) is 17.0. The van der Waals surface area contributed by atoms with Crippen LogP contribution < -0.4 is 0 Å². The molecule has 0 saturated heterocycles. The Hall–Kier alpha value is -1.19. The average Bonchev–Trinajstić information content (AvgIpc) is 2.44. The van der Waals surface area contributed by atoms with Gasteiger partial charge in [0.05, 0.1) is 6.61 Å². The van der Waals surface area contributed by atoms with E-state index in [9.17, 15) is 4.79 Å². The van der Waals surface area contributed by atoms with Crippen LogP contribution in [0.2, 0.25) is 18.1 Å². The highest BCUT2D eigenvalue weighted by Crippen LogP contribution is 2.36. The molecular formula is C19H30O2Si. The molecule has 0 saturated carbocycles. The lowest BCUT2D eigenvalue weighted by molar-refractivity contribution is 0.0952. The van der Waals surface area contributed by atoms with Gasteiger partial charge >= 0.3 is 0 Å². The third-order valence-electron chi connectivity index (χ3n) is 4.47. The molecular weight excluding hydrogens is 288 g/mol. The minimum Gasteiger partial charge on any atom is -0.413 e. The van der Waals surface area contributed by atoms with Gasteiger partial charge < -0.3 is 4.43 Å². The van der Waals surface area contributed by atoms with E-state index in [2.05, 4.69) is 33.9 Å². The van der Waals surface area contributed by atoms with Gasteiger partial charge in [0.1, 0.15) is 0 Å². The van der Waals surface area contributed by atoms with E-state index < -0.39 is 8.32 Å². The van der Waals surface area contributed by atoms with Crippen molar-refractivity contribution in [2.24, 2.45) is 5.92 Å². The van der Waals surface area contributed by atoms with Crippen LogP contribution in [0.4, 0.5) is 0 Å². The van der Waals surface area contributed by atoms with Gasteiger partial charge in [0, 0.05) is 11.5 Å². The van der Waals surface area contributed by atoms with Gasteiger partial charge in [0.2, 0.25) is 0 Å². The Morgan fingerprint density at radius 2 is 1.77 bits per heavy atom. The van der Waals surface area contributed by atoms with Gasteiger partial charge in [-0.15, -0.1) is 0 Å². The minimum absolute atomic E-state index is 0.120. The van der Waals surface area contributed by atoms with Crippen molar-refractivity contribution < 1.29 is 9.22 Å². The van der Waals surface area contributed by atoms with Crippen molar-refractivity contribution in [3.05, 3.63) is 47.5 Å². The summed E-state index contributed by atoms with van der Waals surface area (Å²) in [7, 11) is -1.74. The maximum absolute atomic E-state index is 12.4. The summed E-state index contributed by atoms with van der Waals surface area (Å²) in [5.74, 6) is 0.0395. The molecule has 22 heavy (non-hydrogen) atoms. The summed E-state index contributed by atoms with van der Waals surface area (Å²) >= 11 is 0. The fraction of sp³-hybridized carbons (Fsp3) is 0.526. The van der Waals surface area contributed by atoms with Crippen molar-refractivity contribution in [2.45, 2.75) is 52.8 Å². The molecule has 1 atom stereocenters. The number of hydrogen-bond acceptors (Lipinski definition) is 2. The SMILES string of the molecule is C/C(=C\C(C)C(=O)c1ccccc1)CO[Si](C)(C)C(C)(C)C. The lowest BCUT2D eigenvalue weighted by atomic mass is 9.97. The Labute approximate surface area is 136 Å². The fourth-order valence-electron chi connectivity index (χ4n) is 1.93. The average molecular weight is 319 g/mol. The molecule has 1 aromatic rings. The van der Waals surface area contributed by atoms with E-state index in [1.54, 1.807) is 0 Å². The Morgan fingerprint density at radius 1 is 1.23 bits per heavy atom. The van der Waals surface area contributed by atoms with E-state index in [1.807, 2.05) is 50.3 Å². The standard InChI is InChI=1S/C19H30O2Si/c1-15(14-21-22(6,7)19(3,4)5)13-16(2)18(20)17-11-9-8-10-12-17/h8-13,16H,14H2,1-7H3/b15-13+. The highest BCUT2D eigenvalue weighted by atomic mass is 28.4. The molecule has 1 aromatic carbocycles. The first kappa shape index (κ1) is 18.9. The molecule has 0 aliphatic rings. The summed E-state index contributed by atoms with van der Waals surface area (Å²) < 4.78 is 6.20. The summed E-state index contributed by atoms with van der Waals surface area (Å²) in [4.78, 5) is 12.4. The maximum Gasteiger partial charge on any atom is 0.192 e. The predicted octanol–water partition coefficient (Wildman–Crippen LogP) is 5.47. The summed E-state index contributed by atoms with van der Waals surface area (Å²) in [6.07, 6.45) is 2.03. The minimum atomic E-state index is -1.74. The second-order valence-electron chi connectivity index (χ2n) is 7.58. The largest absolute Gasteiger partial charge is 0.413 e. The second kappa shape index (κ2) is 7.38. The van der Waals surface area contributed by atoms with Crippen molar-refractivity contribution in [1.82, 2.24) is 0 Å². The van der Waals surface area contributed by atoms with Crippen LogP contribution in [0.1, 0.15) is 45.0 Å². The molecule has 0 radical (unpaired) electrons. The van der Waals surface area contributed by atoms with Crippen molar-refractivity contribution >= 4 is 14.1 Å². The van der Waals surface area contributed by atoms with Crippen molar-refractivity contribution in [3.8, 4) is 0 Å². The molecule has 2 nitrogen and oxygen atoms in total. The fourth-order valence-corrected chi connectivity index (χ4v) is 2.95. The Morgan fingerprint density at radius 3 is 2.27 bits per heavy atom. The van der Waals surface area contributed by atoms with E-state index >= 15 is 0 Å². The lowest BCUT2D eigenvalue weighted by Crippen LogP contribution is -2.41. The summed E-state index contributed by atoms with van der Waals surface area (Å²) in [6, 6.07) is 9.46. The molecule has 3 heteroatoms. The number of ketones is 1. The molecule has 0 aromatic heterocycles. The van der Waals surface area contributed by atoms with Crippen molar-refractivity contribution in [2.75, 3.05) is 6.61 Å². The molecule has 0 amide bonds. The van der Waals surface area contributed by atoms with Gasteiger partial charge in [0.25, 0.3) is 0 Å². The van der Waals surface area contributed by atoms with E-state index in [-0.39, 0.29) is 16.7 Å². The first-order chi connectivity index (χ1) is 10.0. The van der Waals surface area contributed by atoms with Crippen LogP contribution in [-0.2, 0) is 4.43 Å². The van der Waals surface area contributed by atoms with E-state index in [1.165, 1.54) is 0 Å². The van der Waals surface area contributed by atoms with Crippen LogP contribution in [0.25, 0.3) is 0 Å². The number of rotatable bonds is 6. The molecule has 0 N–H and O–H groups in total. The first-order valence-electron chi connectivity index (χ1n) is 7.95. The van der Waals surface area contributed by atoms with Crippen molar-refractivity contribution in [3.63, 3.8) is 0 Å². The van der Waals surface area contributed by atoms with Gasteiger partial charge in [-0.1, -0.05) is 69.7 Å². The van der Waals surface area contributed by atoms with Gasteiger partial charge in [-0.3, -0.25) is 4.79 Å². The maximum atomic E-state index is 12.4. The second-order valence-corrected chi connectivity index (χ2v) is 12.4. The highest BCUT2D eigenvalue weighted by Gasteiger charge is 2.37. The Balaban J connectivity index is 2.67. The van der Waals surface area contributed by atoms with Crippen LogP contribution in [-0.4, -0.2) is 20.7 Å². The molecule has 122 valence electrons. The Bertz CT molecular complexity index is 524. The molecule has 0 fully saturated rings. The number of benzene rings is 1. The number of Topliss-reactive ketones (excluding diaryl/α,β-unsaturated/α-hetero) is 1. The zero-order valence-electron chi connectivity index (χ0n) is 15.1. The molecule has 0 bridgehead atoms. The molecule has 0 aliphatic heterocycles. The van der Waals surface area contributed by atoms with E-state index in [0.29, 0.717) is 6.61 Å². The van der Waals surface area contributed by atoms with Gasteiger partial charge in [-0.25, -0.2) is 0 Å². The van der Waals surface area contributed by atoms with Gasteiger partial charge in [-0.05, 0) is 25.1 Å². The normalized spacial score (nSPS) is 14.8. The van der Waals surface area contributed by atoms with Crippen LogP contribution in [0.15, 0.2) is 42.0 Å². The monoisotopic (exact) mass is 318 g/mol. The zero-order valence-corrected chi connectivity index (χ0v) is 16.1. The van der Waals surface area contributed by atoms with Crippen LogP contribution in [0.3, 0.4) is 0 Å². The van der Waals surface area contributed by atoms with Crippen LogP contribution >= 0.6 is 0 Å². The van der Waals surface area contributed by atoms with Crippen LogP contribution in [0, 0.1) is 5.92 Å². The smallest absolute Gasteiger partial charge is 0.192 e. The summed E-state index contributed by atoms with van der Waals surface area (Å²) in [5.41, 5.74) is 1.89. The van der Waals surface area contributed by atoms with E-state index in [4.69, 9.17) is 4.43 Å². The summed E-state index contributed by atoms with van der Waals surface area (Å²) in [6.45, 7) is 15.8. The Kier molecular flexibility index (Phi) is 6.33. The third-order valence-corrected chi connectivity index (χ3v) is 8.95. The van der Waals surface area contributed by atoms with Gasteiger partial charge in [0.15, 0.2) is 14.1 Å². The summed E-state index contributed by atoms with van der Waals surface area (Å²) in [5, 5.41) is 0.207. The molecule has 0 heterocycles.